The van der Waals surface area contributed by atoms with Gasteiger partial charge in [-0.1, -0.05) is 0 Å². The first-order chi connectivity index (χ1) is 11.0. The molecule has 1 N–H and O–H groups in total. The number of aromatic nitrogens is 2. The molecule has 1 unspecified atom stereocenters. The minimum absolute atomic E-state index is 0.0550. The van der Waals surface area contributed by atoms with Crippen LogP contribution < -0.4 is 0 Å². The minimum Gasteiger partial charge on any atom is -0.469 e. The van der Waals surface area contributed by atoms with Gasteiger partial charge in [0.1, 0.15) is 0 Å². The number of rotatable bonds is 4. The average molecular weight is 319 g/mol. The molecule has 2 heterocycles. The third kappa shape index (κ3) is 2.99. The highest BCUT2D eigenvalue weighted by atomic mass is 16.5. The van der Waals surface area contributed by atoms with Crippen molar-refractivity contribution in [2.45, 2.75) is 46.0 Å². The van der Waals surface area contributed by atoms with Gasteiger partial charge in [-0.3, -0.25) is 14.7 Å². The third-order valence-corrected chi connectivity index (χ3v) is 5.72. The van der Waals surface area contributed by atoms with Gasteiger partial charge in [0.05, 0.1) is 18.7 Å². The standard InChI is InChI=1S/C17H25N3O3/c1-11-12(2)18-19-14(11)4-5-15(21)20-8-6-17(7-9-20)10-13(17)16(22)23-3/h13H,4-10H2,1-3H3,(H,18,19). The predicted octanol–water partition coefficient (Wildman–Crippen LogP) is 1.76. The highest BCUT2D eigenvalue weighted by Gasteiger charge is 2.59. The Morgan fingerprint density at radius 2 is 2.04 bits per heavy atom. The summed E-state index contributed by atoms with van der Waals surface area (Å²) < 4.78 is 4.85. The molecule has 23 heavy (non-hydrogen) atoms. The van der Waals surface area contributed by atoms with E-state index in [0.717, 1.165) is 49.3 Å². The zero-order valence-electron chi connectivity index (χ0n) is 14.1. The molecule has 1 saturated heterocycles. The van der Waals surface area contributed by atoms with E-state index in [1.165, 1.54) is 7.11 Å². The molecule has 126 valence electrons. The van der Waals surface area contributed by atoms with E-state index in [4.69, 9.17) is 4.74 Å². The minimum atomic E-state index is -0.0887. The molecule has 1 saturated carbocycles. The molecule has 0 bridgehead atoms. The van der Waals surface area contributed by atoms with Crippen LogP contribution in [-0.2, 0) is 20.7 Å². The average Bonchev–Trinajstić information content (AvgIpc) is 3.17. The van der Waals surface area contributed by atoms with Crippen molar-refractivity contribution >= 4 is 11.9 Å². The van der Waals surface area contributed by atoms with Gasteiger partial charge in [-0.15, -0.1) is 0 Å². The zero-order valence-corrected chi connectivity index (χ0v) is 14.1. The molecule has 1 aromatic rings. The fourth-order valence-electron chi connectivity index (χ4n) is 3.74. The van der Waals surface area contributed by atoms with E-state index in [1.807, 2.05) is 18.7 Å². The molecule has 0 radical (unpaired) electrons. The summed E-state index contributed by atoms with van der Waals surface area (Å²) in [6.07, 6.45) is 3.94. The second kappa shape index (κ2) is 5.98. The Bertz CT molecular complexity index is 615. The number of carbonyl (C=O) groups is 2. The number of likely N-dealkylation sites (tertiary alicyclic amines) is 1. The van der Waals surface area contributed by atoms with E-state index in [9.17, 15) is 9.59 Å². The molecule has 1 aliphatic carbocycles. The number of esters is 1. The maximum Gasteiger partial charge on any atom is 0.309 e. The van der Waals surface area contributed by atoms with Crippen LogP contribution >= 0.6 is 0 Å². The Kier molecular flexibility index (Phi) is 4.17. The lowest BCUT2D eigenvalue weighted by Gasteiger charge is -2.32. The SMILES string of the molecule is COC(=O)C1CC12CCN(C(=O)CCc1n[nH]c(C)c1C)CC2. The lowest BCUT2D eigenvalue weighted by atomic mass is 9.90. The summed E-state index contributed by atoms with van der Waals surface area (Å²) >= 11 is 0. The van der Waals surface area contributed by atoms with Crippen LogP contribution in [0.1, 0.15) is 42.6 Å². The van der Waals surface area contributed by atoms with Gasteiger partial charge in [0.25, 0.3) is 0 Å². The summed E-state index contributed by atoms with van der Waals surface area (Å²) in [6, 6.07) is 0. The largest absolute Gasteiger partial charge is 0.469 e. The van der Waals surface area contributed by atoms with Crippen LogP contribution in [-0.4, -0.2) is 47.2 Å². The maximum absolute atomic E-state index is 12.4. The summed E-state index contributed by atoms with van der Waals surface area (Å²) in [5, 5.41) is 7.22. The second-order valence-corrected chi connectivity index (χ2v) is 6.94. The topological polar surface area (TPSA) is 75.3 Å². The fraction of sp³-hybridized carbons (Fsp3) is 0.706. The van der Waals surface area contributed by atoms with Gasteiger partial charge in [-0.2, -0.15) is 5.10 Å². The van der Waals surface area contributed by atoms with E-state index in [-0.39, 0.29) is 23.2 Å². The lowest BCUT2D eigenvalue weighted by molar-refractivity contribution is -0.143. The van der Waals surface area contributed by atoms with Gasteiger partial charge in [0, 0.05) is 31.6 Å². The fourth-order valence-corrected chi connectivity index (χ4v) is 3.74. The van der Waals surface area contributed by atoms with Gasteiger partial charge >= 0.3 is 5.97 Å². The van der Waals surface area contributed by atoms with E-state index >= 15 is 0 Å². The third-order valence-electron chi connectivity index (χ3n) is 5.72. The van der Waals surface area contributed by atoms with Gasteiger partial charge in [0.2, 0.25) is 5.91 Å². The number of aromatic amines is 1. The molecule has 2 aliphatic rings. The van der Waals surface area contributed by atoms with Gasteiger partial charge in [-0.25, -0.2) is 0 Å². The molecule has 1 aromatic heterocycles. The molecule has 1 amide bonds. The van der Waals surface area contributed by atoms with Crippen LogP contribution in [0, 0.1) is 25.2 Å². The second-order valence-electron chi connectivity index (χ2n) is 6.94. The van der Waals surface area contributed by atoms with Crippen LogP contribution in [0.15, 0.2) is 0 Å². The molecule has 1 atom stereocenters. The molecule has 6 heteroatoms. The lowest BCUT2D eigenvalue weighted by Crippen LogP contribution is -2.40. The van der Waals surface area contributed by atoms with Crippen molar-refractivity contribution < 1.29 is 14.3 Å². The summed E-state index contributed by atoms with van der Waals surface area (Å²) in [5.41, 5.74) is 3.31. The number of aryl methyl sites for hydroxylation is 2. The molecular weight excluding hydrogens is 294 g/mol. The summed E-state index contributed by atoms with van der Waals surface area (Å²) in [4.78, 5) is 26.0. The monoisotopic (exact) mass is 319 g/mol. The summed E-state index contributed by atoms with van der Waals surface area (Å²) in [5.74, 6) is 0.156. The van der Waals surface area contributed by atoms with Crippen LogP contribution in [0.5, 0.6) is 0 Å². The van der Waals surface area contributed by atoms with Crippen LogP contribution in [0.3, 0.4) is 0 Å². The van der Waals surface area contributed by atoms with Crippen molar-refractivity contribution in [2.24, 2.45) is 11.3 Å². The highest BCUT2D eigenvalue weighted by Crippen LogP contribution is 2.59. The van der Waals surface area contributed by atoms with E-state index in [0.29, 0.717) is 12.8 Å². The Balaban J connectivity index is 1.48. The van der Waals surface area contributed by atoms with E-state index in [2.05, 4.69) is 10.2 Å². The van der Waals surface area contributed by atoms with Crippen molar-refractivity contribution in [2.75, 3.05) is 20.2 Å². The first-order valence-corrected chi connectivity index (χ1v) is 8.33. The number of amides is 1. The number of H-pyrrole nitrogens is 1. The number of nitrogens with one attached hydrogen (secondary N) is 1. The Labute approximate surface area is 136 Å². The number of hydrogen-bond donors (Lipinski definition) is 1. The van der Waals surface area contributed by atoms with Crippen LogP contribution in [0.25, 0.3) is 0 Å². The quantitative estimate of drug-likeness (QED) is 0.858. The number of nitrogens with zero attached hydrogens (tertiary/aromatic N) is 2. The van der Waals surface area contributed by atoms with Gasteiger partial charge < -0.3 is 9.64 Å². The van der Waals surface area contributed by atoms with Crippen LogP contribution in [0.4, 0.5) is 0 Å². The first kappa shape index (κ1) is 16.0. The molecule has 3 rings (SSSR count). The Morgan fingerprint density at radius 3 is 2.61 bits per heavy atom. The molecular formula is C17H25N3O3. The maximum atomic E-state index is 12.4. The van der Waals surface area contributed by atoms with Crippen molar-refractivity contribution in [1.29, 1.82) is 0 Å². The number of methoxy groups -OCH3 is 1. The zero-order chi connectivity index (χ0) is 16.6. The molecule has 0 aromatic carbocycles. The van der Waals surface area contributed by atoms with Gasteiger partial charge in [0.15, 0.2) is 0 Å². The summed E-state index contributed by atoms with van der Waals surface area (Å²) in [7, 11) is 1.45. The first-order valence-electron chi connectivity index (χ1n) is 8.33. The Hall–Kier alpha value is -1.85. The van der Waals surface area contributed by atoms with Crippen molar-refractivity contribution in [3.05, 3.63) is 17.0 Å². The Morgan fingerprint density at radius 1 is 1.35 bits per heavy atom. The number of carbonyl (C=O) groups excluding carboxylic acids is 2. The van der Waals surface area contributed by atoms with Gasteiger partial charge in [-0.05, 0) is 44.1 Å². The smallest absolute Gasteiger partial charge is 0.309 e. The predicted molar refractivity (Wildman–Crippen MR) is 84.8 cm³/mol. The molecule has 6 nitrogen and oxygen atoms in total. The summed E-state index contributed by atoms with van der Waals surface area (Å²) in [6.45, 7) is 5.53. The highest BCUT2D eigenvalue weighted by molar-refractivity contribution is 5.78. The number of hydrogen-bond acceptors (Lipinski definition) is 4. The normalized spacial score (nSPS) is 22.2. The number of ether oxygens (including phenoxy) is 1. The molecule has 1 aliphatic heterocycles. The molecule has 2 fully saturated rings. The molecule has 1 spiro atoms. The van der Waals surface area contributed by atoms with Crippen molar-refractivity contribution in [3.63, 3.8) is 0 Å². The van der Waals surface area contributed by atoms with E-state index < -0.39 is 0 Å². The van der Waals surface area contributed by atoms with Crippen LogP contribution in [0.2, 0.25) is 0 Å². The van der Waals surface area contributed by atoms with Crippen molar-refractivity contribution in [3.8, 4) is 0 Å². The number of piperidine rings is 1. The van der Waals surface area contributed by atoms with E-state index in [1.54, 1.807) is 0 Å². The van der Waals surface area contributed by atoms with Crippen molar-refractivity contribution in [1.82, 2.24) is 15.1 Å².